The van der Waals surface area contributed by atoms with Crippen molar-refractivity contribution in [2.45, 2.75) is 38.1 Å². The minimum absolute atomic E-state index is 0.000694. The van der Waals surface area contributed by atoms with Gasteiger partial charge in [0.05, 0.1) is 0 Å². The summed E-state index contributed by atoms with van der Waals surface area (Å²) in [5.74, 6) is 0. The highest BCUT2D eigenvalue weighted by Crippen LogP contribution is 2.23. The van der Waals surface area contributed by atoms with E-state index in [-0.39, 0.29) is 6.04 Å². The quantitative estimate of drug-likeness (QED) is 0.411. The standard InChI is InChI=1S/C7H14N4O2S/c1-11(14(12,13)10-9-8)7-5-3-2-4-6-7/h7H,2-6H2,1H3. The summed E-state index contributed by atoms with van der Waals surface area (Å²) in [7, 11) is -2.30. The van der Waals surface area contributed by atoms with E-state index in [1.54, 1.807) is 0 Å². The molecule has 0 spiro atoms. The fourth-order valence-corrected chi connectivity index (χ4v) is 2.53. The van der Waals surface area contributed by atoms with Crippen LogP contribution in [0.3, 0.4) is 0 Å². The Hall–Kier alpha value is -0.780. The van der Waals surface area contributed by atoms with Crippen molar-refractivity contribution in [1.29, 1.82) is 0 Å². The molecule has 0 N–H and O–H groups in total. The zero-order chi connectivity index (χ0) is 10.6. The molecule has 0 unspecified atom stereocenters. The Kier molecular flexibility index (Phi) is 3.74. The molecule has 0 heterocycles. The van der Waals surface area contributed by atoms with Crippen LogP contribution in [0.25, 0.3) is 10.4 Å². The van der Waals surface area contributed by atoms with Crippen molar-refractivity contribution in [2.24, 2.45) is 4.52 Å². The first kappa shape index (κ1) is 11.3. The van der Waals surface area contributed by atoms with Gasteiger partial charge in [0.15, 0.2) is 0 Å². The molecule has 0 bridgehead atoms. The van der Waals surface area contributed by atoms with Gasteiger partial charge in [-0.2, -0.15) is 4.31 Å². The summed E-state index contributed by atoms with van der Waals surface area (Å²) in [6, 6.07) is -0.000694. The minimum atomic E-state index is -3.77. The van der Waals surface area contributed by atoms with Crippen LogP contribution in [-0.2, 0) is 10.2 Å². The van der Waals surface area contributed by atoms with Gasteiger partial charge < -0.3 is 0 Å². The van der Waals surface area contributed by atoms with Crippen LogP contribution in [0.15, 0.2) is 4.52 Å². The number of azide groups is 1. The monoisotopic (exact) mass is 218 g/mol. The summed E-state index contributed by atoms with van der Waals surface area (Å²) >= 11 is 0. The van der Waals surface area contributed by atoms with E-state index in [2.05, 4.69) is 9.43 Å². The van der Waals surface area contributed by atoms with E-state index in [1.807, 2.05) is 0 Å². The van der Waals surface area contributed by atoms with Crippen molar-refractivity contribution in [1.82, 2.24) is 4.31 Å². The van der Waals surface area contributed by atoms with E-state index in [1.165, 1.54) is 11.4 Å². The van der Waals surface area contributed by atoms with Gasteiger partial charge in [0, 0.05) is 22.5 Å². The van der Waals surface area contributed by atoms with Crippen molar-refractivity contribution < 1.29 is 8.42 Å². The van der Waals surface area contributed by atoms with Gasteiger partial charge >= 0.3 is 10.2 Å². The largest absolute Gasteiger partial charge is 0.302 e. The highest BCUT2D eigenvalue weighted by molar-refractivity contribution is 7.87. The van der Waals surface area contributed by atoms with Crippen LogP contribution in [0.4, 0.5) is 0 Å². The third kappa shape index (κ3) is 2.60. The molecular weight excluding hydrogens is 204 g/mol. The first-order valence-electron chi connectivity index (χ1n) is 4.62. The van der Waals surface area contributed by atoms with E-state index in [9.17, 15) is 8.42 Å². The lowest BCUT2D eigenvalue weighted by atomic mass is 9.96. The molecule has 7 heteroatoms. The van der Waals surface area contributed by atoms with Crippen molar-refractivity contribution in [2.75, 3.05) is 7.05 Å². The minimum Gasteiger partial charge on any atom is -0.204 e. The maximum Gasteiger partial charge on any atom is 0.302 e. The first-order valence-corrected chi connectivity index (χ1v) is 6.02. The Morgan fingerprint density at radius 2 is 1.93 bits per heavy atom. The van der Waals surface area contributed by atoms with Crippen LogP contribution >= 0.6 is 0 Å². The molecule has 0 aromatic rings. The second-order valence-corrected chi connectivity index (χ2v) is 5.09. The van der Waals surface area contributed by atoms with E-state index in [4.69, 9.17) is 5.53 Å². The van der Waals surface area contributed by atoms with Crippen LogP contribution in [-0.4, -0.2) is 25.8 Å². The van der Waals surface area contributed by atoms with E-state index in [0.717, 1.165) is 32.1 Å². The topological polar surface area (TPSA) is 86.1 Å². The molecule has 6 nitrogen and oxygen atoms in total. The molecule has 1 saturated carbocycles. The van der Waals surface area contributed by atoms with Crippen LogP contribution < -0.4 is 0 Å². The third-order valence-electron chi connectivity index (χ3n) is 2.59. The lowest BCUT2D eigenvalue weighted by Gasteiger charge is -2.28. The smallest absolute Gasteiger partial charge is 0.204 e. The summed E-state index contributed by atoms with van der Waals surface area (Å²) < 4.78 is 26.7. The Labute approximate surface area is 83.7 Å². The van der Waals surface area contributed by atoms with Gasteiger partial charge in [-0.25, -0.2) is 8.42 Å². The van der Waals surface area contributed by atoms with E-state index < -0.39 is 10.2 Å². The second kappa shape index (κ2) is 4.63. The summed E-state index contributed by atoms with van der Waals surface area (Å²) in [4.78, 5) is 2.32. The fourth-order valence-electron chi connectivity index (χ4n) is 1.74. The summed E-state index contributed by atoms with van der Waals surface area (Å²) in [5.41, 5.74) is 8.10. The summed E-state index contributed by atoms with van der Waals surface area (Å²) in [6.07, 6.45) is 4.96. The molecule has 0 aromatic heterocycles. The Morgan fingerprint density at radius 1 is 1.36 bits per heavy atom. The molecule has 0 radical (unpaired) electrons. The summed E-state index contributed by atoms with van der Waals surface area (Å²) in [5, 5.41) is 0. The van der Waals surface area contributed by atoms with Crippen molar-refractivity contribution in [3.8, 4) is 0 Å². The molecule has 1 aliphatic carbocycles. The van der Waals surface area contributed by atoms with Crippen molar-refractivity contribution in [3.05, 3.63) is 10.4 Å². The number of nitrogens with zero attached hydrogens (tertiary/aromatic N) is 4. The molecule has 0 saturated heterocycles. The first-order chi connectivity index (χ1) is 6.58. The fraction of sp³-hybridized carbons (Fsp3) is 1.00. The lowest BCUT2D eigenvalue weighted by molar-refractivity contribution is 0.286. The molecule has 0 atom stereocenters. The van der Waals surface area contributed by atoms with Crippen molar-refractivity contribution in [3.63, 3.8) is 0 Å². The predicted molar refractivity (Wildman–Crippen MR) is 52.7 cm³/mol. The number of hydrogen-bond donors (Lipinski definition) is 0. The maximum absolute atomic E-state index is 11.3. The normalized spacial score (nSPS) is 19.3. The van der Waals surface area contributed by atoms with E-state index in [0.29, 0.717) is 0 Å². The molecule has 80 valence electrons. The van der Waals surface area contributed by atoms with Gasteiger partial charge in [-0.1, -0.05) is 19.3 Å². The van der Waals surface area contributed by atoms with Gasteiger partial charge in [-0.15, -0.1) is 0 Å². The van der Waals surface area contributed by atoms with Gasteiger partial charge in [0.25, 0.3) is 0 Å². The van der Waals surface area contributed by atoms with Gasteiger partial charge in [0.2, 0.25) is 0 Å². The SMILES string of the molecule is CN(C1CCCCC1)S(=O)(=O)N=[N+]=[N-]. The van der Waals surface area contributed by atoms with Crippen LogP contribution in [0.5, 0.6) is 0 Å². The van der Waals surface area contributed by atoms with Gasteiger partial charge in [0.1, 0.15) is 0 Å². The lowest BCUT2D eigenvalue weighted by Crippen LogP contribution is -2.36. The van der Waals surface area contributed by atoms with Crippen LogP contribution in [0.1, 0.15) is 32.1 Å². The Balaban J connectivity index is 2.72. The van der Waals surface area contributed by atoms with Crippen LogP contribution in [0, 0.1) is 0 Å². The number of rotatable bonds is 3. The van der Waals surface area contributed by atoms with Gasteiger partial charge in [-0.3, -0.25) is 0 Å². The van der Waals surface area contributed by atoms with E-state index >= 15 is 0 Å². The van der Waals surface area contributed by atoms with Gasteiger partial charge in [-0.05, 0) is 18.4 Å². The molecule has 14 heavy (non-hydrogen) atoms. The summed E-state index contributed by atoms with van der Waals surface area (Å²) in [6.45, 7) is 0. The average molecular weight is 218 g/mol. The number of hydrogen-bond acceptors (Lipinski definition) is 2. The molecule has 1 fully saturated rings. The zero-order valence-corrected chi connectivity index (χ0v) is 8.94. The van der Waals surface area contributed by atoms with Crippen molar-refractivity contribution >= 4 is 10.2 Å². The van der Waals surface area contributed by atoms with Crippen LogP contribution in [0.2, 0.25) is 0 Å². The molecule has 0 amide bonds. The Morgan fingerprint density at radius 3 is 2.43 bits per heavy atom. The average Bonchev–Trinajstić information content (AvgIpc) is 2.18. The highest BCUT2D eigenvalue weighted by Gasteiger charge is 2.26. The molecule has 1 rings (SSSR count). The predicted octanol–water partition coefficient (Wildman–Crippen LogP) is 1.81. The zero-order valence-electron chi connectivity index (χ0n) is 8.13. The Bertz CT molecular complexity index is 328. The maximum atomic E-state index is 11.3. The molecule has 0 aromatic carbocycles. The third-order valence-corrected chi connectivity index (χ3v) is 3.90. The second-order valence-electron chi connectivity index (χ2n) is 3.46. The molecule has 1 aliphatic rings. The molecular formula is C7H14N4O2S. The highest BCUT2D eigenvalue weighted by atomic mass is 32.2. The molecule has 0 aliphatic heterocycles.